The largest absolute Gasteiger partial charge is 0.497 e. The van der Waals surface area contributed by atoms with Crippen LogP contribution in [0.1, 0.15) is 11.1 Å². The Hall–Kier alpha value is -2.35. The highest BCUT2D eigenvalue weighted by Gasteiger charge is 2.15. The molecule has 1 amide bonds. The fourth-order valence-corrected chi connectivity index (χ4v) is 2.43. The number of methoxy groups -OCH3 is 1. The van der Waals surface area contributed by atoms with Gasteiger partial charge in [-0.3, -0.25) is 4.79 Å². The van der Waals surface area contributed by atoms with Gasteiger partial charge in [-0.2, -0.15) is 0 Å². The molecule has 0 aromatic heterocycles. The first-order valence-electron chi connectivity index (χ1n) is 8.11. The van der Waals surface area contributed by atoms with Crippen molar-refractivity contribution in [3.05, 3.63) is 59.7 Å². The van der Waals surface area contributed by atoms with Crippen molar-refractivity contribution in [1.82, 2.24) is 5.32 Å². The molecule has 0 fully saturated rings. The second kappa shape index (κ2) is 9.22. The molecule has 0 bridgehead atoms. The molecule has 2 aromatic rings. The van der Waals surface area contributed by atoms with E-state index in [4.69, 9.17) is 20.5 Å². The lowest BCUT2D eigenvalue weighted by Crippen LogP contribution is -2.42. The van der Waals surface area contributed by atoms with Crippen molar-refractivity contribution in [3.63, 3.8) is 0 Å². The van der Waals surface area contributed by atoms with E-state index >= 15 is 0 Å². The molecular weight excluding hydrogens is 319 g/mol. The molecule has 0 radical (unpaired) electrons. The van der Waals surface area contributed by atoms with Crippen molar-refractivity contribution in [3.8, 4) is 5.75 Å². The van der Waals surface area contributed by atoms with Crippen LogP contribution in [0.4, 0.5) is 0 Å². The van der Waals surface area contributed by atoms with E-state index in [9.17, 15) is 4.79 Å². The molecule has 6 nitrogen and oxygen atoms in total. The van der Waals surface area contributed by atoms with E-state index in [-0.39, 0.29) is 5.91 Å². The number of hydrogen-bond donors (Lipinski definition) is 4. The summed E-state index contributed by atoms with van der Waals surface area (Å²) in [7, 11) is 0.125. The lowest BCUT2D eigenvalue weighted by molar-refractivity contribution is -0.122. The van der Waals surface area contributed by atoms with Crippen LogP contribution in [-0.4, -0.2) is 42.8 Å². The van der Waals surface area contributed by atoms with E-state index in [1.54, 1.807) is 31.4 Å². The number of carbonyl (C=O) groups is 1. The maximum atomic E-state index is 12.1. The van der Waals surface area contributed by atoms with E-state index in [0.29, 0.717) is 24.8 Å². The Morgan fingerprint density at radius 1 is 1.12 bits per heavy atom. The average Bonchev–Trinajstić information content (AvgIpc) is 2.62. The first-order valence-corrected chi connectivity index (χ1v) is 8.11. The van der Waals surface area contributed by atoms with Crippen LogP contribution in [0.3, 0.4) is 0 Å². The van der Waals surface area contributed by atoms with Crippen molar-refractivity contribution in [1.29, 1.82) is 0 Å². The minimum Gasteiger partial charge on any atom is -0.497 e. The number of hydrogen-bond acceptors (Lipinski definition) is 5. The zero-order valence-electron chi connectivity index (χ0n) is 14.2. The summed E-state index contributed by atoms with van der Waals surface area (Å²) in [6, 6.07) is 13.7. The topological polar surface area (TPSA) is 105 Å². The number of carbonyl (C=O) groups excluding carboxylic acids is 1. The molecule has 0 saturated carbocycles. The van der Waals surface area contributed by atoms with Crippen LogP contribution in [0.5, 0.6) is 5.75 Å². The minimum absolute atomic E-state index is 0.209. The van der Waals surface area contributed by atoms with Crippen LogP contribution in [-0.2, 0) is 17.6 Å². The molecule has 1 atom stereocenters. The van der Waals surface area contributed by atoms with Gasteiger partial charge in [-0.1, -0.05) is 36.4 Å². The Morgan fingerprint density at radius 3 is 2.28 bits per heavy atom. The molecule has 0 aliphatic heterocycles. The second-order valence-electron chi connectivity index (χ2n) is 5.81. The third-order valence-corrected chi connectivity index (χ3v) is 3.94. The second-order valence-corrected chi connectivity index (χ2v) is 5.81. The Labute approximate surface area is 147 Å². The first-order chi connectivity index (χ1) is 12.0. The van der Waals surface area contributed by atoms with E-state index in [1.165, 1.54) is 0 Å². The zero-order chi connectivity index (χ0) is 18.2. The van der Waals surface area contributed by atoms with Crippen LogP contribution in [0, 0.1) is 0 Å². The molecule has 132 valence electrons. The van der Waals surface area contributed by atoms with Crippen molar-refractivity contribution >= 4 is 18.5 Å². The maximum Gasteiger partial charge on any atom is 0.488 e. The Kier molecular flexibility index (Phi) is 7.00. The number of rotatable bonds is 8. The van der Waals surface area contributed by atoms with E-state index < -0.39 is 13.2 Å². The molecule has 5 N–H and O–H groups in total. The van der Waals surface area contributed by atoms with Gasteiger partial charge < -0.3 is 25.8 Å². The molecule has 7 heteroatoms. The molecule has 2 rings (SSSR count). The van der Waals surface area contributed by atoms with Crippen molar-refractivity contribution in [2.24, 2.45) is 5.73 Å². The van der Waals surface area contributed by atoms with Gasteiger partial charge in [0, 0.05) is 6.54 Å². The Morgan fingerprint density at radius 2 is 1.72 bits per heavy atom. The smallest absolute Gasteiger partial charge is 0.488 e. The van der Waals surface area contributed by atoms with Gasteiger partial charge in [-0.15, -0.1) is 0 Å². The fraction of sp³-hybridized carbons (Fsp3) is 0.278. The lowest BCUT2D eigenvalue weighted by Gasteiger charge is -2.13. The molecule has 0 saturated heterocycles. The molecule has 0 aliphatic carbocycles. The van der Waals surface area contributed by atoms with Crippen molar-refractivity contribution < 1.29 is 19.6 Å². The molecular formula is C18H23BN2O4. The SMILES string of the molecule is COc1ccc(CCNC(=O)[C@@H](N)Cc2ccc(B(O)O)cc2)cc1. The standard InChI is InChI=1S/C18H23BN2O4/c1-25-16-8-4-13(5-9-16)10-11-21-18(22)17(20)12-14-2-6-15(7-3-14)19(23)24/h2-9,17,23-24H,10-12,20H2,1H3,(H,21,22)/t17-/m0/s1. The predicted molar refractivity (Wildman–Crippen MR) is 97.7 cm³/mol. The van der Waals surface area contributed by atoms with Crippen LogP contribution in [0.25, 0.3) is 0 Å². The zero-order valence-corrected chi connectivity index (χ0v) is 14.2. The minimum atomic E-state index is -1.50. The average molecular weight is 342 g/mol. The molecule has 0 spiro atoms. The Bertz CT molecular complexity index is 674. The quantitative estimate of drug-likeness (QED) is 0.489. The molecule has 25 heavy (non-hydrogen) atoms. The number of benzene rings is 2. The van der Waals surface area contributed by atoms with Crippen LogP contribution >= 0.6 is 0 Å². The summed E-state index contributed by atoms with van der Waals surface area (Å²) in [5.74, 6) is 0.592. The summed E-state index contributed by atoms with van der Waals surface area (Å²) in [6.07, 6.45) is 1.10. The molecule has 0 unspecified atom stereocenters. The third-order valence-electron chi connectivity index (χ3n) is 3.94. The van der Waals surface area contributed by atoms with Crippen LogP contribution in [0.15, 0.2) is 48.5 Å². The maximum absolute atomic E-state index is 12.1. The van der Waals surface area contributed by atoms with Gasteiger partial charge in [0.15, 0.2) is 0 Å². The molecule has 0 heterocycles. The fourth-order valence-electron chi connectivity index (χ4n) is 2.43. The summed E-state index contributed by atoms with van der Waals surface area (Å²) in [4.78, 5) is 12.1. The van der Waals surface area contributed by atoms with Gasteiger partial charge in [0.25, 0.3) is 0 Å². The number of ether oxygens (including phenoxy) is 1. The van der Waals surface area contributed by atoms with Crippen LogP contribution < -0.4 is 21.3 Å². The van der Waals surface area contributed by atoms with Crippen molar-refractivity contribution in [2.75, 3.05) is 13.7 Å². The summed E-state index contributed by atoms with van der Waals surface area (Å²) < 4.78 is 5.11. The number of nitrogens with two attached hydrogens (primary N) is 1. The van der Waals surface area contributed by atoms with E-state index in [1.807, 2.05) is 24.3 Å². The van der Waals surface area contributed by atoms with Crippen molar-refractivity contribution in [2.45, 2.75) is 18.9 Å². The molecule has 0 aliphatic rings. The van der Waals surface area contributed by atoms with Gasteiger partial charge in [-0.25, -0.2) is 0 Å². The monoisotopic (exact) mass is 342 g/mol. The molecule has 2 aromatic carbocycles. The van der Waals surface area contributed by atoms with Gasteiger partial charge in [0.2, 0.25) is 5.91 Å². The highest BCUT2D eigenvalue weighted by atomic mass is 16.5. The highest BCUT2D eigenvalue weighted by Crippen LogP contribution is 2.11. The van der Waals surface area contributed by atoms with E-state index in [0.717, 1.165) is 16.9 Å². The number of amides is 1. The number of nitrogens with one attached hydrogen (secondary N) is 1. The third kappa shape index (κ3) is 5.90. The Balaban J connectivity index is 1.77. The first kappa shape index (κ1) is 19.0. The highest BCUT2D eigenvalue weighted by molar-refractivity contribution is 6.58. The lowest BCUT2D eigenvalue weighted by atomic mass is 9.80. The normalized spacial score (nSPS) is 11.7. The van der Waals surface area contributed by atoms with E-state index in [2.05, 4.69) is 5.32 Å². The van der Waals surface area contributed by atoms with Gasteiger partial charge in [0.05, 0.1) is 13.2 Å². The van der Waals surface area contributed by atoms with Gasteiger partial charge >= 0.3 is 7.12 Å². The summed E-state index contributed by atoms with van der Waals surface area (Å²) in [6.45, 7) is 0.508. The summed E-state index contributed by atoms with van der Waals surface area (Å²) in [5.41, 5.74) is 8.31. The summed E-state index contributed by atoms with van der Waals surface area (Å²) >= 11 is 0. The van der Waals surface area contributed by atoms with Gasteiger partial charge in [0.1, 0.15) is 5.75 Å². The van der Waals surface area contributed by atoms with Crippen LogP contribution in [0.2, 0.25) is 0 Å². The van der Waals surface area contributed by atoms with Gasteiger partial charge in [-0.05, 0) is 41.6 Å². The predicted octanol–water partition coefficient (Wildman–Crippen LogP) is -0.396. The summed E-state index contributed by atoms with van der Waals surface area (Å²) in [5, 5.41) is 21.0.